The summed E-state index contributed by atoms with van der Waals surface area (Å²) in [6.45, 7) is 17.2. The molecular weight excluding hydrogens is 656 g/mol. The molecule has 52 heavy (non-hydrogen) atoms. The average molecular weight is 717 g/mol. The number of carbonyl (C=O) groups is 1. The van der Waals surface area contributed by atoms with Gasteiger partial charge in [-0.1, -0.05) is 62.8 Å². The quantitative estimate of drug-likeness (QED) is 0.173. The molecule has 8 nitrogen and oxygen atoms in total. The highest BCUT2D eigenvalue weighted by Gasteiger charge is 2.47. The summed E-state index contributed by atoms with van der Waals surface area (Å²) in [5.74, 6) is 1.77. The lowest BCUT2D eigenvalue weighted by Crippen LogP contribution is -2.45. The van der Waals surface area contributed by atoms with Crippen LogP contribution in [0.3, 0.4) is 0 Å². The highest BCUT2D eigenvalue weighted by Crippen LogP contribution is 2.55. The van der Waals surface area contributed by atoms with E-state index >= 15 is 0 Å². The number of allylic oxidation sites excluding steroid dienone is 4. The molecule has 6 rings (SSSR count). The van der Waals surface area contributed by atoms with Crippen molar-refractivity contribution in [1.82, 2.24) is 0 Å². The fraction of sp³-hybridized carbons (Fsp3) is 0.591. The summed E-state index contributed by atoms with van der Waals surface area (Å²) in [7, 11) is 0. The second kappa shape index (κ2) is 17.2. The largest absolute Gasteiger partial charge is 0.507 e. The molecule has 2 aliphatic heterocycles. The van der Waals surface area contributed by atoms with Crippen molar-refractivity contribution in [3.05, 3.63) is 69.3 Å². The van der Waals surface area contributed by atoms with E-state index in [-0.39, 0.29) is 46.4 Å². The van der Waals surface area contributed by atoms with Gasteiger partial charge in [0, 0.05) is 34.8 Å². The Labute approximate surface area is 310 Å². The molecule has 0 saturated carbocycles. The van der Waals surface area contributed by atoms with Gasteiger partial charge in [0.2, 0.25) is 0 Å². The lowest BCUT2D eigenvalue weighted by molar-refractivity contribution is -0.191. The molecule has 4 aliphatic rings. The number of carboxylic acid groups (broad SMARTS) is 1. The van der Waals surface area contributed by atoms with Gasteiger partial charge in [0.25, 0.3) is 0 Å². The molecular formula is C44H60O8. The van der Waals surface area contributed by atoms with E-state index in [1.54, 1.807) is 0 Å². The number of carbonyl (C=O) groups excluding carboxylic acids is 2. The minimum atomic E-state index is -1.06. The Balaban J connectivity index is 0.000000218. The number of phenolic OH excluding ortho intramolecular Hbond substituents is 1. The van der Waals surface area contributed by atoms with E-state index < -0.39 is 5.97 Å². The van der Waals surface area contributed by atoms with Crippen molar-refractivity contribution in [3.8, 4) is 23.0 Å². The summed E-state index contributed by atoms with van der Waals surface area (Å²) >= 11 is 0. The smallest absolute Gasteiger partial charge is 0.373 e. The number of unbranched alkanes of at least 4 members (excludes halogenated alkanes) is 4. The Morgan fingerprint density at radius 2 is 1.25 bits per heavy atom. The standard InChI is InChI=1S/C22H30O4.C21H30O2.CO2/c1-5-6-7-8-14-12-17-19(20(23)18(14)21(24)25)15-11-13(2)9-10-16(15)22(3,4)26-17;1-5-6-7-8-15-12-18(22)20-16-11-14(2)9-10-17(16)21(3,4)23-19(20)13-15;2-1-3/h11-12,15-16,23H,5-10H2,1-4H3,(H,24,25);11-13,16-17,22H,5-10H2,1-4H3;. The van der Waals surface area contributed by atoms with E-state index in [1.807, 2.05) is 12.1 Å². The van der Waals surface area contributed by atoms with Crippen LogP contribution in [-0.4, -0.2) is 38.6 Å². The summed E-state index contributed by atoms with van der Waals surface area (Å²) in [5, 5.41) is 31.4. The van der Waals surface area contributed by atoms with E-state index in [0.29, 0.717) is 35.0 Å². The lowest BCUT2D eigenvalue weighted by Gasteiger charge is -2.46. The van der Waals surface area contributed by atoms with E-state index in [2.05, 4.69) is 73.6 Å². The topological polar surface area (TPSA) is 130 Å². The molecule has 2 aromatic carbocycles. The number of ether oxygens (including phenoxy) is 2. The van der Waals surface area contributed by atoms with Crippen molar-refractivity contribution in [2.75, 3.05) is 0 Å². The molecule has 284 valence electrons. The first-order valence-electron chi connectivity index (χ1n) is 19.3. The van der Waals surface area contributed by atoms with E-state index in [4.69, 9.17) is 19.1 Å². The van der Waals surface area contributed by atoms with Crippen LogP contribution in [0.2, 0.25) is 0 Å². The number of fused-ring (bicyclic) bond motifs is 6. The van der Waals surface area contributed by atoms with Gasteiger partial charge in [-0.2, -0.15) is 9.59 Å². The van der Waals surface area contributed by atoms with Gasteiger partial charge in [-0.3, -0.25) is 0 Å². The zero-order chi connectivity index (χ0) is 38.4. The van der Waals surface area contributed by atoms with Crippen molar-refractivity contribution in [2.24, 2.45) is 11.8 Å². The number of hydrogen-bond acceptors (Lipinski definition) is 7. The average Bonchev–Trinajstić information content (AvgIpc) is 3.04. The molecule has 0 radical (unpaired) electrons. The van der Waals surface area contributed by atoms with E-state index in [0.717, 1.165) is 62.7 Å². The van der Waals surface area contributed by atoms with E-state index in [9.17, 15) is 20.1 Å². The maximum atomic E-state index is 11.9. The van der Waals surface area contributed by atoms with Gasteiger partial charge in [0.1, 0.15) is 39.8 Å². The fourth-order valence-electron chi connectivity index (χ4n) is 8.91. The Hall–Kier alpha value is -4.03. The molecule has 2 aliphatic carbocycles. The first-order chi connectivity index (χ1) is 24.6. The SMILES string of the molecule is CCCCCc1cc(O)c2c(c1)OC(C)(C)C1CCC(C)=CC21.CCCCCc1cc2c(c(O)c1C(=O)O)C1C=C(C)CCC1C(C)(C)O2.O=C=O. The van der Waals surface area contributed by atoms with Crippen LogP contribution < -0.4 is 9.47 Å². The monoisotopic (exact) mass is 716 g/mol. The highest BCUT2D eigenvalue weighted by molar-refractivity contribution is 5.94. The van der Waals surface area contributed by atoms with Crippen molar-refractivity contribution in [1.29, 1.82) is 0 Å². The molecule has 0 spiro atoms. The van der Waals surface area contributed by atoms with Gasteiger partial charge in [0.15, 0.2) is 0 Å². The Bertz CT molecular complexity index is 1690. The molecule has 0 aromatic heterocycles. The van der Waals surface area contributed by atoms with Crippen molar-refractivity contribution < 1.29 is 39.2 Å². The maximum absolute atomic E-state index is 11.9. The Morgan fingerprint density at radius 3 is 1.75 bits per heavy atom. The number of aromatic carboxylic acids is 1. The maximum Gasteiger partial charge on any atom is 0.373 e. The fourth-order valence-corrected chi connectivity index (χ4v) is 8.91. The summed E-state index contributed by atoms with van der Waals surface area (Å²) in [4.78, 5) is 28.1. The van der Waals surface area contributed by atoms with Gasteiger partial charge in [-0.25, -0.2) is 4.79 Å². The summed E-state index contributed by atoms with van der Waals surface area (Å²) in [6.07, 6.45) is 17.4. The number of benzene rings is 2. The zero-order valence-corrected chi connectivity index (χ0v) is 32.6. The van der Waals surface area contributed by atoms with Crippen LogP contribution in [0, 0.1) is 11.8 Å². The molecule has 3 N–H and O–H groups in total. The predicted octanol–water partition coefficient (Wildman–Crippen LogP) is 10.6. The molecule has 4 atom stereocenters. The number of aryl methyl sites for hydroxylation is 2. The van der Waals surface area contributed by atoms with Gasteiger partial charge in [-0.15, -0.1) is 0 Å². The lowest BCUT2D eigenvalue weighted by atomic mass is 9.67. The second-order valence-electron chi connectivity index (χ2n) is 16.3. The molecule has 0 bridgehead atoms. The second-order valence-corrected chi connectivity index (χ2v) is 16.3. The van der Waals surface area contributed by atoms with Crippen molar-refractivity contribution >= 4 is 12.1 Å². The molecule has 0 fully saturated rings. The first kappa shape index (κ1) is 40.7. The van der Waals surface area contributed by atoms with Crippen LogP contribution in [0.5, 0.6) is 23.0 Å². The van der Waals surface area contributed by atoms with Crippen molar-refractivity contribution in [2.45, 2.75) is 155 Å². The van der Waals surface area contributed by atoms with Gasteiger partial charge in [-0.05, 0) is 122 Å². The third kappa shape index (κ3) is 8.94. The van der Waals surface area contributed by atoms with Crippen LogP contribution in [0.1, 0.15) is 164 Å². The number of carboxylic acids is 1. The molecule has 0 amide bonds. The molecule has 2 aromatic rings. The van der Waals surface area contributed by atoms with Gasteiger partial charge < -0.3 is 24.8 Å². The first-order valence-corrected chi connectivity index (χ1v) is 19.3. The van der Waals surface area contributed by atoms with Gasteiger partial charge >= 0.3 is 12.1 Å². The predicted molar refractivity (Wildman–Crippen MR) is 202 cm³/mol. The molecule has 4 unspecified atom stereocenters. The van der Waals surface area contributed by atoms with Crippen molar-refractivity contribution in [3.63, 3.8) is 0 Å². The molecule has 0 saturated heterocycles. The van der Waals surface area contributed by atoms with Crippen LogP contribution in [-0.2, 0) is 22.4 Å². The van der Waals surface area contributed by atoms with Crippen LogP contribution in [0.25, 0.3) is 0 Å². The summed E-state index contributed by atoms with van der Waals surface area (Å²) in [5.41, 5.74) is 5.79. The molecule has 8 heteroatoms. The molecule has 2 heterocycles. The van der Waals surface area contributed by atoms with Gasteiger partial charge in [0.05, 0.1) is 0 Å². The third-order valence-corrected chi connectivity index (χ3v) is 11.6. The normalized spacial score (nSPS) is 23.0. The zero-order valence-electron chi connectivity index (χ0n) is 32.6. The number of phenols is 2. The van der Waals surface area contributed by atoms with Crippen LogP contribution in [0.15, 0.2) is 41.5 Å². The number of hydrogen-bond donors (Lipinski definition) is 3. The number of rotatable bonds is 9. The number of aromatic hydroxyl groups is 2. The summed E-state index contributed by atoms with van der Waals surface area (Å²) < 4.78 is 12.7. The highest BCUT2D eigenvalue weighted by atomic mass is 16.5. The Kier molecular flexibility index (Phi) is 13.5. The summed E-state index contributed by atoms with van der Waals surface area (Å²) in [6, 6.07) is 6.00. The minimum absolute atomic E-state index is 0.00490. The minimum Gasteiger partial charge on any atom is -0.507 e. The van der Waals surface area contributed by atoms with E-state index in [1.165, 1.54) is 36.0 Å². The Morgan fingerprint density at radius 1 is 0.769 bits per heavy atom. The van der Waals surface area contributed by atoms with Crippen LogP contribution in [0.4, 0.5) is 0 Å². The van der Waals surface area contributed by atoms with Crippen LogP contribution >= 0.6 is 0 Å². The third-order valence-electron chi connectivity index (χ3n) is 11.6.